The summed E-state index contributed by atoms with van der Waals surface area (Å²) in [6, 6.07) is 6.10. The summed E-state index contributed by atoms with van der Waals surface area (Å²) in [4.78, 5) is 27.3. The number of anilines is 1. The van der Waals surface area contributed by atoms with E-state index in [4.69, 9.17) is 0 Å². The molecule has 3 fully saturated rings. The van der Waals surface area contributed by atoms with Gasteiger partial charge in [0.1, 0.15) is 0 Å². The Labute approximate surface area is 141 Å². The van der Waals surface area contributed by atoms with Crippen LogP contribution in [0.5, 0.6) is 0 Å². The van der Waals surface area contributed by atoms with Gasteiger partial charge in [-0.1, -0.05) is 30.4 Å². The van der Waals surface area contributed by atoms with Crippen LogP contribution in [0.4, 0.5) is 5.69 Å². The van der Waals surface area contributed by atoms with Gasteiger partial charge in [-0.15, -0.1) is 0 Å². The van der Waals surface area contributed by atoms with Crippen molar-refractivity contribution in [2.24, 2.45) is 35.5 Å². The van der Waals surface area contributed by atoms with E-state index in [0.29, 0.717) is 23.7 Å². The van der Waals surface area contributed by atoms with E-state index in [2.05, 4.69) is 17.5 Å². The zero-order valence-corrected chi connectivity index (χ0v) is 14.0. The fourth-order valence-corrected chi connectivity index (χ4v) is 5.43. The van der Waals surface area contributed by atoms with Crippen LogP contribution in [-0.2, 0) is 9.59 Å². The molecule has 6 rings (SSSR count). The third-order valence-corrected chi connectivity index (χ3v) is 6.65. The summed E-state index contributed by atoms with van der Waals surface area (Å²) in [5, 5.41) is 3.33. The largest absolute Gasteiger partial charge is 0.367 e. The zero-order valence-electron chi connectivity index (χ0n) is 14.0. The van der Waals surface area contributed by atoms with Gasteiger partial charge in [0.05, 0.1) is 18.5 Å². The van der Waals surface area contributed by atoms with Gasteiger partial charge in [0.2, 0.25) is 11.8 Å². The van der Waals surface area contributed by atoms with Crippen molar-refractivity contribution in [3.8, 4) is 0 Å². The molecular formula is C20H22N2O2. The number of nitrogens with one attached hydrogen (secondary N) is 1. The number of amides is 2. The normalized spacial score (nSPS) is 38.3. The Hall–Kier alpha value is -2.10. The van der Waals surface area contributed by atoms with Gasteiger partial charge in [0.15, 0.2) is 0 Å². The van der Waals surface area contributed by atoms with Gasteiger partial charge in [-0.2, -0.15) is 0 Å². The average molecular weight is 322 g/mol. The van der Waals surface area contributed by atoms with Gasteiger partial charge in [0, 0.05) is 5.69 Å². The number of nitrogens with zero attached hydrogens (tertiary/aromatic N) is 1. The fourth-order valence-electron chi connectivity index (χ4n) is 5.43. The van der Waals surface area contributed by atoms with Gasteiger partial charge in [-0.3, -0.25) is 14.5 Å². The van der Waals surface area contributed by atoms with Crippen molar-refractivity contribution in [2.45, 2.75) is 20.3 Å². The molecule has 4 heteroatoms. The van der Waals surface area contributed by atoms with Crippen LogP contribution < -0.4 is 5.32 Å². The lowest BCUT2D eigenvalue weighted by atomic mass is 9.63. The molecule has 5 aliphatic rings. The number of carbonyl (C=O) groups is 2. The van der Waals surface area contributed by atoms with Crippen molar-refractivity contribution in [2.75, 3.05) is 12.0 Å². The number of hydrogen-bond acceptors (Lipinski definition) is 3. The van der Waals surface area contributed by atoms with E-state index < -0.39 is 0 Å². The number of hydrogen-bond donors (Lipinski definition) is 1. The van der Waals surface area contributed by atoms with Gasteiger partial charge in [-0.05, 0) is 55.1 Å². The Kier molecular flexibility index (Phi) is 2.80. The number of allylic oxidation sites excluding steroid dienone is 2. The molecule has 1 heterocycles. The topological polar surface area (TPSA) is 49.4 Å². The summed E-state index contributed by atoms with van der Waals surface area (Å²) in [6.45, 7) is 4.37. The maximum Gasteiger partial charge on any atom is 0.235 e. The van der Waals surface area contributed by atoms with Crippen LogP contribution in [-0.4, -0.2) is 23.4 Å². The first-order valence-corrected chi connectivity index (χ1v) is 8.91. The van der Waals surface area contributed by atoms with Gasteiger partial charge in [0.25, 0.3) is 0 Å². The molecule has 4 nitrogen and oxygen atoms in total. The van der Waals surface area contributed by atoms with E-state index >= 15 is 0 Å². The second kappa shape index (κ2) is 4.71. The van der Waals surface area contributed by atoms with Crippen molar-refractivity contribution in [3.63, 3.8) is 0 Å². The second-order valence-electron chi connectivity index (χ2n) is 7.86. The minimum atomic E-state index is -0.101. The molecule has 24 heavy (non-hydrogen) atoms. The molecule has 4 aliphatic carbocycles. The first-order chi connectivity index (χ1) is 11.6. The number of imide groups is 1. The lowest BCUT2D eigenvalue weighted by Crippen LogP contribution is -2.40. The van der Waals surface area contributed by atoms with Crippen molar-refractivity contribution >= 4 is 17.5 Å². The van der Waals surface area contributed by atoms with Gasteiger partial charge < -0.3 is 5.32 Å². The summed E-state index contributed by atoms with van der Waals surface area (Å²) >= 11 is 0. The molecule has 0 aromatic heterocycles. The monoisotopic (exact) mass is 322 g/mol. The maximum absolute atomic E-state index is 12.9. The third-order valence-electron chi connectivity index (χ3n) is 6.65. The van der Waals surface area contributed by atoms with Crippen molar-refractivity contribution in [1.82, 2.24) is 4.90 Å². The van der Waals surface area contributed by atoms with E-state index in [1.54, 1.807) is 0 Å². The fraction of sp³-hybridized carbons (Fsp3) is 0.500. The van der Waals surface area contributed by atoms with E-state index in [0.717, 1.165) is 16.8 Å². The van der Waals surface area contributed by atoms with Crippen LogP contribution in [0.15, 0.2) is 30.4 Å². The Morgan fingerprint density at radius 3 is 2.08 bits per heavy atom. The van der Waals surface area contributed by atoms with E-state index in [-0.39, 0.29) is 30.3 Å². The van der Waals surface area contributed by atoms with Crippen LogP contribution in [0.3, 0.4) is 0 Å². The third kappa shape index (κ3) is 1.74. The molecule has 6 atom stereocenters. The van der Waals surface area contributed by atoms with Crippen molar-refractivity contribution in [1.29, 1.82) is 0 Å². The molecule has 2 bridgehead atoms. The Morgan fingerprint density at radius 2 is 1.54 bits per heavy atom. The lowest BCUT2D eigenvalue weighted by Gasteiger charge is -2.37. The number of carbonyl (C=O) groups excluding carboxylic acids is 2. The Morgan fingerprint density at radius 1 is 1.00 bits per heavy atom. The van der Waals surface area contributed by atoms with Crippen LogP contribution in [0.25, 0.3) is 0 Å². The molecule has 0 unspecified atom stereocenters. The van der Waals surface area contributed by atoms with Crippen molar-refractivity contribution < 1.29 is 9.59 Å². The van der Waals surface area contributed by atoms with Gasteiger partial charge >= 0.3 is 0 Å². The van der Waals surface area contributed by atoms with Crippen LogP contribution in [0, 0.1) is 49.4 Å². The van der Waals surface area contributed by atoms with Crippen LogP contribution >= 0.6 is 0 Å². The summed E-state index contributed by atoms with van der Waals surface area (Å²) in [5.74, 6) is 1.78. The summed E-state index contributed by atoms with van der Waals surface area (Å²) in [6.07, 6.45) is 5.64. The summed E-state index contributed by atoms with van der Waals surface area (Å²) < 4.78 is 0. The first-order valence-electron chi connectivity index (χ1n) is 8.91. The highest BCUT2D eigenvalue weighted by Crippen LogP contribution is 2.65. The Bertz CT molecular complexity index is 728. The van der Waals surface area contributed by atoms with Crippen LogP contribution in [0.2, 0.25) is 0 Å². The molecule has 1 N–H and O–H groups in total. The molecule has 1 aliphatic heterocycles. The van der Waals surface area contributed by atoms with Crippen LogP contribution in [0.1, 0.15) is 17.5 Å². The maximum atomic E-state index is 12.9. The molecule has 1 aromatic carbocycles. The molecule has 0 spiro atoms. The lowest BCUT2D eigenvalue weighted by molar-refractivity contribution is -0.139. The smallest absolute Gasteiger partial charge is 0.235 e. The minimum absolute atomic E-state index is 0.0356. The van der Waals surface area contributed by atoms with E-state index in [1.165, 1.54) is 11.3 Å². The molecule has 2 amide bonds. The number of likely N-dealkylation sites (tertiary alicyclic amines) is 1. The number of aryl methyl sites for hydroxylation is 2. The molecule has 0 radical (unpaired) electrons. The van der Waals surface area contributed by atoms with Gasteiger partial charge in [-0.25, -0.2) is 0 Å². The summed E-state index contributed by atoms with van der Waals surface area (Å²) in [5.41, 5.74) is 3.29. The second-order valence-corrected chi connectivity index (χ2v) is 7.86. The minimum Gasteiger partial charge on any atom is -0.367 e. The van der Waals surface area contributed by atoms with E-state index in [9.17, 15) is 9.59 Å². The zero-order chi connectivity index (χ0) is 16.6. The highest BCUT2D eigenvalue weighted by molar-refractivity contribution is 6.06. The quantitative estimate of drug-likeness (QED) is 0.688. The highest BCUT2D eigenvalue weighted by atomic mass is 16.2. The van der Waals surface area contributed by atoms with Crippen molar-refractivity contribution in [3.05, 3.63) is 41.5 Å². The predicted molar refractivity (Wildman–Crippen MR) is 91.0 cm³/mol. The molecule has 2 saturated carbocycles. The SMILES string of the molecule is Cc1cccc(C)c1NCN1C(=O)[C@@H]2[C@H]3C=C[C@H]([C@H]4C[C@H]34)[C@@H]2C1=O. The Balaban J connectivity index is 1.39. The molecular weight excluding hydrogens is 300 g/mol. The number of rotatable bonds is 3. The molecule has 1 aromatic rings. The van der Waals surface area contributed by atoms with E-state index in [1.807, 2.05) is 32.0 Å². The molecule has 1 saturated heterocycles. The average Bonchev–Trinajstić information content (AvgIpc) is 3.34. The summed E-state index contributed by atoms with van der Waals surface area (Å²) in [7, 11) is 0. The number of benzene rings is 1. The predicted octanol–water partition coefficient (Wildman–Crippen LogP) is 2.73. The standard InChI is InChI=1S/C20H22N2O2/c1-10-4-3-5-11(2)18(10)21-9-22-19(23)16-12-6-7-13(15-8-14(12)15)17(16)20(22)24/h3-7,12-17,21H,8-9H2,1-2H3/t12-,13+,14-,15-,16+,17-/m1/s1. The number of para-hydroxylation sites is 1. The highest BCUT2D eigenvalue weighted by Gasteiger charge is 2.66. The first kappa shape index (κ1) is 14.3. The molecule has 124 valence electrons.